The molecule has 0 fully saturated rings. The number of aromatic nitrogens is 3. The number of carbonyl (C=O) groups is 1. The molecule has 4 aromatic rings. The number of anilines is 1. The van der Waals surface area contributed by atoms with Gasteiger partial charge in [-0.1, -0.05) is 23.4 Å². The number of methoxy groups -OCH3 is 2. The van der Waals surface area contributed by atoms with Crippen molar-refractivity contribution in [2.45, 2.75) is 0 Å². The molecule has 0 saturated heterocycles. The molecule has 30 heavy (non-hydrogen) atoms. The number of benzene rings is 2. The zero-order valence-electron chi connectivity index (χ0n) is 16.3. The van der Waals surface area contributed by atoms with Crippen LogP contribution in [0.15, 0.2) is 71.4 Å². The Hall–Kier alpha value is -4.20. The Bertz CT molecular complexity index is 1170. The minimum absolute atomic E-state index is 0.299. The van der Waals surface area contributed by atoms with Crippen LogP contribution in [0.3, 0.4) is 0 Å². The second kappa shape index (κ2) is 8.44. The molecule has 0 aliphatic heterocycles. The third kappa shape index (κ3) is 3.97. The van der Waals surface area contributed by atoms with Crippen LogP contribution in [0.2, 0.25) is 0 Å². The summed E-state index contributed by atoms with van der Waals surface area (Å²) in [7, 11) is 3.13. The van der Waals surface area contributed by atoms with Gasteiger partial charge in [0.1, 0.15) is 5.69 Å². The fourth-order valence-corrected chi connectivity index (χ4v) is 2.86. The van der Waals surface area contributed by atoms with Crippen molar-refractivity contribution in [2.75, 3.05) is 19.5 Å². The highest BCUT2D eigenvalue weighted by molar-refractivity contribution is 6.03. The third-order valence-corrected chi connectivity index (χ3v) is 4.33. The average molecular weight is 402 g/mol. The number of nitrogens with zero attached hydrogens (tertiary/aromatic N) is 3. The first-order valence-electron chi connectivity index (χ1n) is 9.07. The summed E-state index contributed by atoms with van der Waals surface area (Å²) in [4.78, 5) is 20.8. The van der Waals surface area contributed by atoms with Gasteiger partial charge in [0.25, 0.3) is 11.8 Å². The first-order chi connectivity index (χ1) is 14.7. The molecule has 4 rings (SSSR count). The van der Waals surface area contributed by atoms with E-state index in [1.807, 2.05) is 12.1 Å². The smallest absolute Gasteiger partial charge is 0.274 e. The van der Waals surface area contributed by atoms with E-state index >= 15 is 0 Å². The van der Waals surface area contributed by atoms with E-state index in [1.165, 1.54) is 0 Å². The van der Waals surface area contributed by atoms with E-state index in [-0.39, 0.29) is 5.91 Å². The maximum atomic E-state index is 12.3. The first kappa shape index (κ1) is 19.1. The molecule has 0 unspecified atom stereocenters. The number of ether oxygens (including phenoxy) is 2. The first-order valence-corrected chi connectivity index (χ1v) is 9.07. The highest BCUT2D eigenvalue weighted by Gasteiger charge is 2.14. The summed E-state index contributed by atoms with van der Waals surface area (Å²) in [5.74, 6) is 1.61. The molecule has 0 saturated carbocycles. The molecule has 0 aliphatic rings. The summed E-state index contributed by atoms with van der Waals surface area (Å²) in [6.07, 6.45) is 1.57. The molecule has 0 aliphatic carbocycles. The minimum atomic E-state index is -0.299. The van der Waals surface area contributed by atoms with Gasteiger partial charge in [0, 0.05) is 23.0 Å². The van der Waals surface area contributed by atoms with Crippen molar-refractivity contribution >= 4 is 11.6 Å². The lowest BCUT2D eigenvalue weighted by atomic mass is 10.1. The molecule has 2 aromatic heterocycles. The molecule has 8 heteroatoms. The Balaban J connectivity index is 1.57. The van der Waals surface area contributed by atoms with E-state index in [0.29, 0.717) is 45.7 Å². The lowest BCUT2D eigenvalue weighted by Crippen LogP contribution is -2.13. The number of amides is 1. The second-order valence-corrected chi connectivity index (χ2v) is 6.24. The number of nitrogens with one attached hydrogen (secondary N) is 1. The Morgan fingerprint density at radius 2 is 1.80 bits per heavy atom. The molecular formula is C22H18N4O4. The molecule has 0 bridgehead atoms. The molecule has 0 atom stereocenters. The van der Waals surface area contributed by atoms with E-state index in [9.17, 15) is 4.79 Å². The Labute approximate surface area is 172 Å². The summed E-state index contributed by atoms with van der Waals surface area (Å²) in [5.41, 5.74) is 2.33. The standard InChI is InChI=1S/C22H18N4O4/c1-28-18-10-9-15(13-19(18)29-2)22-25-20(26-30-22)14-6-5-7-16(12-14)24-21(27)17-8-3-4-11-23-17/h3-13H,1-2H3,(H,24,27). The summed E-state index contributed by atoms with van der Waals surface area (Å²) in [6, 6.07) is 17.7. The zero-order valence-corrected chi connectivity index (χ0v) is 16.3. The SMILES string of the molecule is COc1ccc(-c2nc(-c3cccc(NC(=O)c4ccccn4)c3)no2)cc1OC. The minimum Gasteiger partial charge on any atom is -0.493 e. The molecule has 2 aromatic carbocycles. The average Bonchev–Trinajstić information content (AvgIpc) is 3.30. The fraction of sp³-hybridized carbons (Fsp3) is 0.0909. The predicted molar refractivity (Wildman–Crippen MR) is 110 cm³/mol. The molecule has 0 radical (unpaired) electrons. The van der Waals surface area contributed by atoms with Crippen LogP contribution in [0.5, 0.6) is 11.5 Å². The van der Waals surface area contributed by atoms with Crippen molar-refractivity contribution in [1.82, 2.24) is 15.1 Å². The van der Waals surface area contributed by atoms with Gasteiger partial charge < -0.3 is 19.3 Å². The van der Waals surface area contributed by atoms with E-state index in [0.717, 1.165) is 0 Å². The van der Waals surface area contributed by atoms with E-state index < -0.39 is 0 Å². The zero-order chi connectivity index (χ0) is 20.9. The predicted octanol–water partition coefficient (Wildman–Crippen LogP) is 4.07. The van der Waals surface area contributed by atoms with Crippen LogP contribution in [-0.4, -0.2) is 35.3 Å². The van der Waals surface area contributed by atoms with E-state index in [1.54, 1.807) is 68.9 Å². The molecule has 1 amide bonds. The molecular weight excluding hydrogens is 384 g/mol. The van der Waals surface area contributed by atoms with Gasteiger partial charge in [-0.3, -0.25) is 9.78 Å². The number of hydrogen-bond donors (Lipinski definition) is 1. The van der Waals surface area contributed by atoms with Crippen LogP contribution in [0.25, 0.3) is 22.8 Å². The van der Waals surface area contributed by atoms with Crippen LogP contribution in [0, 0.1) is 0 Å². The van der Waals surface area contributed by atoms with Crippen LogP contribution in [0.4, 0.5) is 5.69 Å². The number of carbonyl (C=O) groups excluding carboxylic acids is 1. The molecule has 2 heterocycles. The van der Waals surface area contributed by atoms with Crippen LogP contribution in [0.1, 0.15) is 10.5 Å². The lowest BCUT2D eigenvalue weighted by molar-refractivity contribution is 0.102. The lowest BCUT2D eigenvalue weighted by Gasteiger charge is -2.07. The van der Waals surface area contributed by atoms with Gasteiger partial charge in [-0.05, 0) is 42.5 Å². The maximum Gasteiger partial charge on any atom is 0.274 e. The summed E-state index contributed by atoms with van der Waals surface area (Å²) in [5, 5.41) is 6.87. The van der Waals surface area contributed by atoms with Gasteiger partial charge in [0.05, 0.1) is 14.2 Å². The fourth-order valence-electron chi connectivity index (χ4n) is 2.86. The monoisotopic (exact) mass is 402 g/mol. The highest BCUT2D eigenvalue weighted by atomic mass is 16.5. The van der Waals surface area contributed by atoms with E-state index in [4.69, 9.17) is 14.0 Å². The van der Waals surface area contributed by atoms with Gasteiger partial charge in [-0.15, -0.1) is 0 Å². The molecule has 150 valence electrons. The van der Waals surface area contributed by atoms with Gasteiger partial charge in [-0.2, -0.15) is 4.98 Å². The van der Waals surface area contributed by atoms with Gasteiger partial charge in [0.15, 0.2) is 11.5 Å². The summed E-state index contributed by atoms with van der Waals surface area (Å²) < 4.78 is 16.0. The number of hydrogen-bond acceptors (Lipinski definition) is 7. The largest absolute Gasteiger partial charge is 0.493 e. The molecule has 1 N–H and O–H groups in total. The Morgan fingerprint density at radius 1 is 0.933 bits per heavy atom. The third-order valence-electron chi connectivity index (χ3n) is 4.33. The van der Waals surface area contributed by atoms with Crippen molar-refractivity contribution in [3.8, 4) is 34.3 Å². The van der Waals surface area contributed by atoms with Gasteiger partial charge in [0.2, 0.25) is 5.82 Å². The van der Waals surface area contributed by atoms with Crippen LogP contribution >= 0.6 is 0 Å². The van der Waals surface area contributed by atoms with Crippen LogP contribution < -0.4 is 14.8 Å². The van der Waals surface area contributed by atoms with Crippen molar-refractivity contribution in [3.05, 3.63) is 72.6 Å². The number of pyridine rings is 1. The number of rotatable bonds is 6. The van der Waals surface area contributed by atoms with E-state index in [2.05, 4.69) is 20.4 Å². The Morgan fingerprint density at radius 3 is 2.57 bits per heavy atom. The molecule has 8 nitrogen and oxygen atoms in total. The Kier molecular flexibility index (Phi) is 5.38. The highest BCUT2D eigenvalue weighted by Crippen LogP contribution is 2.32. The summed E-state index contributed by atoms with van der Waals surface area (Å²) in [6.45, 7) is 0. The van der Waals surface area contributed by atoms with Crippen molar-refractivity contribution in [1.29, 1.82) is 0 Å². The summed E-state index contributed by atoms with van der Waals surface area (Å²) >= 11 is 0. The van der Waals surface area contributed by atoms with Gasteiger partial charge in [-0.25, -0.2) is 0 Å². The van der Waals surface area contributed by atoms with Gasteiger partial charge >= 0.3 is 0 Å². The van der Waals surface area contributed by atoms with Crippen molar-refractivity contribution in [3.63, 3.8) is 0 Å². The molecule has 0 spiro atoms. The van der Waals surface area contributed by atoms with Crippen LogP contribution in [-0.2, 0) is 0 Å². The maximum absolute atomic E-state index is 12.3. The van der Waals surface area contributed by atoms with Crippen molar-refractivity contribution < 1.29 is 18.8 Å². The van der Waals surface area contributed by atoms with Crippen molar-refractivity contribution in [2.24, 2.45) is 0 Å². The normalized spacial score (nSPS) is 10.5. The second-order valence-electron chi connectivity index (χ2n) is 6.24. The topological polar surface area (TPSA) is 99.4 Å². The quantitative estimate of drug-likeness (QED) is 0.519.